The Morgan fingerprint density at radius 3 is 2.16 bits per heavy atom. The van der Waals surface area contributed by atoms with Gasteiger partial charge in [0.1, 0.15) is 18.2 Å². The number of nitrogens with two attached hydrogens (primary N) is 1. The molecule has 0 bridgehead atoms. The van der Waals surface area contributed by atoms with Gasteiger partial charge in [0.15, 0.2) is 0 Å². The van der Waals surface area contributed by atoms with E-state index in [1.807, 2.05) is 66.7 Å². The molecule has 0 aliphatic rings. The second-order valence-electron chi connectivity index (χ2n) is 6.08. The zero-order chi connectivity index (χ0) is 17.5. The number of benzene rings is 3. The monoisotopic (exact) mass is 335 g/mol. The molecule has 0 aliphatic heterocycles. The minimum absolute atomic E-state index is 0.0303. The van der Waals surface area contributed by atoms with E-state index in [2.05, 4.69) is 0 Å². The van der Waals surface area contributed by atoms with Gasteiger partial charge in [0.05, 0.1) is 0 Å². The fourth-order valence-electron chi connectivity index (χ4n) is 2.87. The highest BCUT2D eigenvalue weighted by molar-refractivity contribution is 5.31. The van der Waals surface area contributed by atoms with Gasteiger partial charge >= 0.3 is 0 Å². The largest absolute Gasteiger partial charge is 0.489 e. The first kappa shape index (κ1) is 17.2. The summed E-state index contributed by atoms with van der Waals surface area (Å²) < 4.78 is 19.8. The predicted octanol–water partition coefficient (Wildman–Crippen LogP) is 4.69. The van der Waals surface area contributed by atoms with Crippen molar-refractivity contribution in [3.8, 4) is 5.75 Å². The predicted molar refractivity (Wildman–Crippen MR) is 99.1 cm³/mol. The van der Waals surface area contributed by atoms with E-state index in [0.29, 0.717) is 25.1 Å². The molecule has 3 heteroatoms. The summed E-state index contributed by atoms with van der Waals surface area (Å²) in [5, 5.41) is 0. The first-order chi connectivity index (χ1) is 12.3. The van der Waals surface area contributed by atoms with Crippen molar-refractivity contribution in [3.63, 3.8) is 0 Å². The average Bonchev–Trinajstić information content (AvgIpc) is 2.67. The molecule has 0 fully saturated rings. The molecule has 0 aromatic heterocycles. The maximum absolute atomic E-state index is 14.0. The highest BCUT2D eigenvalue weighted by atomic mass is 19.1. The van der Waals surface area contributed by atoms with Crippen molar-refractivity contribution < 1.29 is 9.13 Å². The maximum Gasteiger partial charge on any atom is 0.126 e. The number of ether oxygens (including phenoxy) is 1. The SMILES string of the molecule is NCC(Cc1ccc(OCc2ccccc2)cc1)c1ccccc1F. The molecule has 0 heterocycles. The highest BCUT2D eigenvalue weighted by Crippen LogP contribution is 2.24. The summed E-state index contributed by atoms with van der Waals surface area (Å²) in [5.41, 5.74) is 8.80. The van der Waals surface area contributed by atoms with E-state index in [-0.39, 0.29) is 11.7 Å². The Bertz CT molecular complexity index is 787. The van der Waals surface area contributed by atoms with Crippen LogP contribution < -0.4 is 10.5 Å². The third-order valence-corrected chi connectivity index (χ3v) is 4.28. The Kier molecular flexibility index (Phi) is 5.81. The van der Waals surface area contributed by atoms with Gasteiger partial charge in [0.2, 0.25) is 0 Å². The van der Waals surface area contributed by atoms with Gasteiger partial charge in [-0.05, 0) is 47.9 Å². The van der Waals surface area contributed by atoms with Gasteiger partial charge in [0, 0.05) is 5.92 Å². The van der Waals surface area contributed by atoms with E-state index in [9.17, 15) is 4.39 Å². The molecule has 0 amide bonds. The van der Waals surface area contributed by atoms with Crippen LogP contribution in [-0.4, -0.2) is 6.54 Å². The maximum atomic E-state index is 14.0. The molecule has 0 aliphatic carbocycles. The molecule has 0 radical (unpaired) electrons. The van der Waals surface area contributed by atoms with Gasteiger partial charge in [-0.15, -0.1) is 0 Å². The molecule has 0 spiro atoms. The normalized spacial score (nSPS) is 11.9. The Morgan fingerprint density at radius 2 is 1.48 bits per heavy atom. The lowest BCUT2D eigenvalue weighted by molar-refractivity contribution is 0.306. The van der Waals surface area contributed by atoms with Crippen LogP contribution in [0.4, 0.5) is 4.39 Å². The molecule has 3 rings (SSSR count). The van der Waals surface area contributed by atoms with Crippen molar-refractivity contribution in [3.05, 3.63) is 101 Å². The molecule has 3 aromatic rings. The van der Waals surface area contributed by atoms with Crippen molar-refractivity contribution in [2.75, 3.05) is 6.54 Å². The third-order valence-electron chi connectivity index (χ3n) is 4.28. The second kappa shape index (κ2) is 8.45. The smallest absolute Gasteiger partial charge is 0.126 e. The topological polar surface area (TPSA) is 35.2 Å². The fraction of sp³-hybridized carbons (Fsp3) is 0.182. The van der Waals surface area contributed by atoms with Gasteiger partial charge in [-0.25, -0.2) is 4.39 Å². The third kappa shape index (κ3) is 4.68. The quantitative estimate of drug-likeness (QED) is 0.680. The average molecular weight is 335 g/mol. The lowest BCUT2D eigenvalue weighted by Gasteiger charge is -2.16. The molecule has 2 N–H and O–H groups in total. The molecule has 3 aromatic carbocycles. The Hall–Kier alpha value is -2.65. The first-order valence-electron chi connectivity index (χ1n) is 8.46. The molecule has 128 valence electrons. The lowest BCUT2D eigenvalue weighted by Crippen LogP contribution is -2.16. The Labute approximate surface area is 148 Å². The molecule has 1 atom stereocenters. The molecular formula is C22H22FNO. The summed E-state index contributed by atoms with van der Waals surface area (Å²) in [5.74, 6) is 0.598. The van der Waals surface area contributed by atoms with Gasteiger partial charge < -0.3 is 10.5 Å². The van der Waals surface area contributed by atoms with Crippen LogP contribution in [0.15, 0.2) is 78.9 Å². The second-order valence-corrected chi connectivity index (χ2v) is 6.08. The van der Waals surface area contributed by atoms with Gasteiger partial charge in [-0.1, -0.05) is 60.7 Å². The number of hydrogen-bond acceptors (Lipinski definition) is 2. The molecular weight excluding hydrogens is 313 g/mol. The summed E-state index contributed by atoms with van der Waals surface area (Å²) in [6.07, 6.45) is 0.705. The van der Waals surface area contributed by atoms with Crippen LogP contribution in [0.3, 0.4) is 0 Å². The minimum Gasteiger partial charge on any atom is -0.489 e. The number of rotatable bonds is 7. The highest BCUT2D eigenvalue weighted by Gasteiger charge is 2.14. The van der Waals surface area contributed by atoms with Crippen LogP contribution in [0.1, 0.15) is 22.6 Å². The van der Waals surface area contributed by atoms with Crippen molar-refractivity contribution >= 4 is 0 Å². The molecule has 0 saturated heterocycles. The molecule has 1 unspecified atom stereocenters. The molecule has 0 saturated carbocycles. The van der Waals surface area contributed by atoms with E-state index in [4.69, 9.17) is 10.5 Å². The zero-order valence-electron chi connectivity index (χ0n) is 14.1. The number of hydrogen-bond donors (Lipinski definition) is 1. The van der Waals surface area contributed by atoms with E-state index in [1.54, 1.807) is 6.07 Å². The Balaban J connectivity index is 1.62. The van der Waals surface area contributed by atoms with Gasteiger partial charge in [-0.3, -0.25) is 0 Å². The molecule has 25 heavy (non-hydrogen) atoms. The van der Waals surface area contributed by atoms with E-state index < -0.39 is 0 Å². The van der Waals surface area contributed by atoms with Crippen molar-refractivity contribution in [1.29, 1.82) is 0 Å². The minimum atomic E-state index is -0.194. The van der Waals surface area contributed by atoms with Crippen LogP contribution in [0, 0.1) is 5.82 Å². The summed E-state index contributed by atoms with van der Waals surface area (Å²) in [6, 6.07) is 24.8. The summed E-state index contributed by atoms with van der Waals surface area (Å²) in [4.78, 5) is 0. The van der Waals surface area contributed by atoms with Gasteiger partial charge in [0.25, 0.3) is 0 Å². The van der Waals surface area contributed by atoms with Crippen LogP contribution in [-0.2, 0) is 13.0 Å². The van der Waals surface area contributed by atoms with Gasteiger partial charge in [-0.2, -0.15) is 0 Å². The van der Waals surface area contributed by atoms with Crippen LogP contribution in [0.2, 0.25) is 0 Å². The Morgan fingerprint density at radius 1 is 0.800 bits per heavy atom. The summed E-state index contributed by atoms with van der Waals surface area (Å²) in [6.45, 7) is 0.952. The molecule has 2 nitrogen and oxygen atoms in total. The van der Waals surface area contributed by atoms with E-state index in [0.717, 1.165) is 16.9 Å². The summed E-state index contributed by atoms with van der Waals surface area (Å²) >= 11 is 0. The number of halogens is 1. The lowest BCUT2D eigenvalue weighted by atomic mass is 9.91. The van der Waals surface area contributed by atoms with Crippen LogP contribution in [0.5, 0.6) is 5.75 Å². The first-order valence-corrected chi connectivity index (χ1v) is 8.46. The van der Waals surface area contributed by atoms with Crippen LogP contribution >= 0.6 is 0 Å². The van der Waals surface area contributed by atoms with E-state index in [1.165, 1.54) is 6.07 Å². The van der Waals surface area contributed by atoms with Crippen LogP contribution in [0.25, 0.3) is 0 Å². The van der Waals surface area contributed by atoms with Crippen molar-refractivity contribution in [2.45, 2.75) is 18.9 Å². The van der Waals surface area contributed by atoms with Crippen molar-refractivity contribution in [1.82, 2.24) is 0 Å². The summed E-state index contributed by atoms with van der Waals surface area (Å²) in [7, 11) is 0. The zero-order valence-corrected chi connectivity index (χ0v) is 14.1. The van der Waals surface area contributed by atoms with E-state index >= 15 is 0 Å². The standard InChI is InChI=1S/C22H22FNO/c23-22-9-5-4-8-21(22)19(15-24)14-17-10-12-20(13-11-17)25-16-18-6-2-1-3-7-18/h1-13,19H,14-16,24H2. The van der Waals surface area contributed by atoms with Crippen molar-refractivity contribution in [2.24, 2.45) is 5.73 Å². The fourth-order valence-corrected chi connectivity index (χ4v) is 2.87.